The molecule has 3 rings (SSSR count). The van der Waals surface area contributed by atoms with Crippen molar-refractivity contribution in [2.75, 3.05) is 5.32 Å². The molecule has 0 aliphatic heterocycles. The van der Waals surface area contributed by atoms with E-state index in [9.17, 15) is 4.79 Å². The number of aryl methyl sites for hydroxylation is 2. The average molecular weight is 269 g/mol. The quantitative estimate of drug-likeness (QED) is 0.800. The van der Waals surface area contributed by atoms with E-state index in [2.05, 4.69) is 43.4 Å². The molecule has 1 N–H and O–H groups in total. The van der Waals surface area contributed by atoms with Crippen molar-refractivity contribution in [3.05, 3.63) is 41.5 Å². The van der Waals surface area contributed by atoms with Crippen molar-refractivity contribution in [3.8, 4) is 0 Å². The van der Waals surface area contributed by atoms with Crippen molar-refractivity contribution in [1.29, 1.82) is 0 Å². The van der Waals surface area contributed by atoms with Crippen molar-refractivity contribution >= 4 is 11.6 Å². The van der Waals surface area contributed by atoms with Gasteiger partial charge >= 0.3 is 0 Å². The molecule has 0 aromatic heterocycles. The second-order valence-corrected chi connectivity index (χ2v) is 6.27. The number of hydrogen-bond donors (Lipinski definition) is 1. The van der Waals surface area contributed by atoms with Gasteiger partial charge in [0, 0.05) is 11.6 Å². The first-order chi connectivity index (χ1) is 9.66. The van der Waals surface area contributed by atoms with E-state index in [1.165, 1.54) is 36.8 Å². The summed E-state index contributed by atoms with van der Waals surface area (Å²) in [5, 5.41) is 3.10. The predicted octanol–water partition coefficient (Wildman–Crippen LogP) is 4.23. The average Bonchev–Trinajstić information content (AvgIpc) is 3.05. The lowest BCUT2D eigenvalue weighted by Crippen LogP contribution is -2.15. The second-order valence-electron chi connectivity index (χ2n) is 6.27. The fraction of sp³-hybridized carbons (Fsp3) is 0.500. The molecular formula is C18H23NO. The zero-order valence-corrected chi connectivity index (χ0v) is 12.4. The van der Waals surface area contributed by atoms with E-state index < -0.39 is 0 Å². The Balaban J connectivity index is 1.66. The Morgan fingerprint density at radius 2 is 2.05 bits per heavy atom. The number of rotatable bonds is 2. The van der Waals surface area contributed by atoms with Gasteiger partial charge in [0.2, 0.25) is 5.91 Å². The SMILES string of the molecule is Cc1ccc(NC(=O)[C@H]2[C@H]3C=CCCCC[C@H]32)cc1C. The van der Waals surface area contributed by atoms with Crippen LogP contribution in [0.15, 0.2) is 30.4 Å². The van der Waals surface area contributed by atoms with Crippen LogP contribution in [0.1, 0.15) is 36.8 Å². The van der Waals surface area contributed by atoms with Gasteiger partial charge in [-0.15, -0.1) is 0 Å². The second kappa shape index (κ2) is 5.43. The number of anilines is 1. The van der Waals surface area contributed by atoms with Crippen LogP contribution in [0, 0.1) is 31.6 Å². The standard InChI is InChI=1S/C18H23NO/c1-12-9-10-14(11-13(12)2)19-18(20)17-15-7-5-3-4-6-8-16(15)17/h5,7,9-11,15-17H,3-4,6,8H2,1-2H3,(H,19,20)/t15-,16+,17-/m0/s1. The van der Waals surface area contributed by atoms with Crippen molar-refractivity contribution in [1.82, 2.24) is 0 Å². The summed E-state index contributed by atoms with van der Waals surface area (Å²) in [6.45, 7) is 4.17. The lowest BCUT2D eigenvalue weighted by Gasteiger charge is -2.07. The molecule has 2 nitrogen and oxygen atoms in total. The summed E-state index contributed by atoms with van der Waals surface area (Å²) < 4.78 is 0. The van der Waals surface area contributed by atoms with E-state index in [1.807, 2.05) is 6.07 Å². The Hall–Kier alpha value is -1.57. The maximum atomic E-state index is 12.4. The third-order valence-corrected chi connectivity index (χ3v) is 4.82. The van der Waals surface area contributed by atoms with Crippen molar-refractivity contribution in [3.63, 3.8) is 0 Å². The Morgan fingerprint density at radius 1 is 1.20 bits per heavy atom. The molecular weight excluding hydrogens is 246 g/mol. The molecule has 1 aromatic carbocycles. The first-order valence-electron chi connectivity index (χ1n) is 7.71. The molecule has 1 fully saturated rings. The van der Waals surface area contributed by atoms with Gasteiger partial charge < -0.3 is 5.32 Å². The van der Waals surface area contributed by atoms with E-state index in [0.717, 1.165) is 5.69 Å². The summed E-state index contributed by atoms with van der Waals surface area (Å²) in [6, 6.07) is 6.13. The molecule has 1 amide bonds. The van der Waals surface area contributed by atoms with Gasteiger partial charge in [0.25, 0.3) is 0 Å². The van der Waals surface area contributed by atoms with Crippen molar-refractivity contribution in [2.45, 2.75) is 39.5 Å². The van der Waals surface area contributed by atoms with Crippen molar-refractivity contribution in [2.24, 2.45) is 17.8 Å². The van der Waals surface area contributed by atoms with Crippen LogP contribution in [0.3, 0.4) is 0 Å². The molecule has 3 atom stereocenters. The number of hydrogen-bond acceptors (Lipinski definition) is 1. The Bertz CT molecular complexity index is 546. The largest absolute Gasteiger partial charge is 0.326 e. The number of benzene rings is 1. The Labute approximate surface area is 121 Å². The minimum atomic E-state index is 0.200. The van der Waals surface area contributed by atoms with Gasteiger partial charge in [-0.1, -0.05) is 24.6 Å². The lowest BCUT2D eigenvalue weighted by atomic mass is 10.1. The van der Waals surface area contributed by atoms with Gasteiger partial charge in [0.1, 0.15) is 0 Å². The van der Waals surface area contributed by atoms with Crippen LogP contribution in [0.4, 0.5) is 5.69 Å². The number of carbonyl (C=O) groups is 1. The maximum absolute atomic E-state index is 12.4. The maximum Gasteiger partial charge on any atom is 0.228 e. The summed E-state index contributed by atoms with van der Waals surface area (Å²) >= 11 is 0. The van der Waals surface area contributed by atoms with Gasteiger partial charge in [-0.3, -0.25) is 4.79 Å². The number of fused-ring (bicyclic) bond motifs is 1. The lowest BCUT2D eigenvalue weighted by molar-refractivity contribution is -0.117. The molecule has 2 aliphatic carbocycles. The van der Waals surface area contributed by atoms with Crippen LogP contribution in [-0.2, 0) is 4.79 Å². The van der Waals surface area contributed by atoms with E-state index in [1.54, 1.807) is 0 Å². The minimum absolute atomic E-state index is 0.200. The highest BCUT2D eigenvalue weighted by molar-refractivity contribution is 5.95. The van der Waals surface area contributed by atoms with Crippen LogP contribution in [0.2, 0.25) is 0 Å². The summed E-state index contributed by atoms with van der Waals surface area (Å²) in [6.07, 6.45) is 9.45. The van der Waals surface area contributed by atoms with Crippen LogP contribution < -0.4 is 5.32 Å². The molecule has 1 aromatic rings. The zero-order valence-electron chi connectivity index (χ0n) is 12.4. The zero-order chi connectivity index (χ0) is 14.1. The third-order valence-electron chi connectivity index (χ3n) is 4.82. The first kappa shape index (κ1) is 13.4. The van der Waals surface area contributed by atoms with E-state index in [-0.39, 0.29) is 11.8 Å². The predicted molar refractivity (Wildman–Crippen MR) is 82.6 cm³/mol. The van der Waals surface area contributed by atoms with Crippen molar-refractivity contribution < 1.29 is 4.79 Å². The first-order valence-corrected chi connectivity index (χ1v) is 7.71. The summed E-state index contributed by atoms with van der Waals surface area (Å²) in [4.78, 5) is 12.4. The topological polar surface area (TPSA) is 29.1 Å². The fourth-order valence-electron chi connectivity index (χ4n) is 3.34. The Kier molecular flexibility index (Phi) is 3.64. The van der Waals surface area contributed by atoms with Gasteiger partial charge in [0.15, 0.2) is 0 Å². The van der Waals surface area contributed by atoms with Crippen LogP contribution >= 0.6 is 0 Å². The van der Waals surface area contributed by atoms with Gasteiger partial charge in [0.05, 0.1) is 0 Å². The molecule has 2 aliphatic rings. The summed E-state index contributed by atoms with van der Waals surface area (Å²) in [5.74, 6) is 1.47. The fourth-order valence-corrected chi connectivity index (χ4v) is 3.34. The highest BCUT2D eigenvalue weighted by Crippen LogP contribution is 2.51. The highest BCUT2D eigenvalue weighted by atomic mass is 16.2. The summed E-state index contributed by atoms with van der Waals surface area (Å²) in [5.41, 5.74) is 3.42. The van der Waals surface area contributed by atoms with E-state index in [0.29, 0.717) is 11.8 Å². The van der Waals surface area contributed by atoms with Gasteiger partial charge in [-0.05, 0) is 68.2 Å². The minimum Gasteiger partial charge on any atom is -0.326 e. The number of carbonyl (C=O) groups excluding carboxylic acids is 1. The molecule has 0 bridgehead atoms. The molecule has 1 saturated carbocycles. The molecule has 0 radical (unpaired) electrons. The van der Waals surface area contributed by atoms with Crippen LogP contribution in [0.5, 0.6) is 0 Å². The van der Waals surface area contributed by atoms with E-state index >= 15 is 0 Å². The molecule has 106 valence electrons. The molecule has 0 unspecified atom stereocenters. The molecule has 0 saturated heterocycles. The smallest absolute Gasteiger partial charge is 0.228 e. The molecule has 2 heteroatoms. The Morgan fingerprint density at radius 3 is 2.85 bits per heavy atom. The molecule has 0 heterocycles. The third kappa shape index (κ3) is 2.65. The summed E-state index contributed by atoms with van der Waals surface area (Å²) in [7, 11) is 0. The molecule has 0 spiro atoms. The van der Waals surface area contributed by atoms with Crippen LogP contribution in [0.25, 0.3) is 0 Å². The van der Waals surface area contributed by atoms with E-state index in [4.69, 9.17) is 0 Å². The van der Waals surface area contributed by atoms with Gasteiger partial charge in [-0.25, -0.2) is 0 Å². The van der Waals surface area contributed by atoms with Gasteiger partial charge in [-0.2, -0.15) is 0 Å². The highest BCUT2D eigenvalue weighted by Gasteiger charge is 2.52. The molecule has 20 heavy (non-hydrogen) atoms. The number of allylic oxidation sites excluding steroid dienone is 2. The number of nitrogens with one attached hydrogen (secondary N) is 1. The number of amides is 1. The van der Waals surface area contributed by atoms with Crippen LogP contribution in [-0.4, -0.2) is 5.91 Å². The monoisotopic (exact) mass is 269 g/mol. The normalized spacial score (nSPS) is 28.2.